The van der Waals surface area contributed by atoms with Crippen molar-refractivity contribution >= 4 is 16.1 Å². The van der Waals surface area contributed by atoms with Crippen LogP contribution in [0.2, 0.25) is 0 Å². The summed E-state index contributed by atoms with van der Waals surface area (Å²) in [5.74, 6) is 0.544. The van der Waals surface area contributed by atoms with Crippen molar-refractivity contribution in [3.8, 4) is 0 Å². The molecule has 0 radical (unpaired) electrons. The van der Waals surface area contributed by atoms with E-state index in [-0.39, 0.29) is 4.90 Å². The van der Waals surface area contributed by atoms with E-state index >= 15 is 0 Å². The predicted molar refractivity (Wildman–Crippen MR) is 102 cm³/mol. The molecule has 0 aliphatic rings. The molecule has 8 heteroatoms. The van der Waals surface area contributed by atoms with Crippen LogP contribution in [0, 0.1) is 6.92 Å². The van der Waals surface area contributed by atoms with Crippen LogP contribution in [0.25, 0.3) is 0 Å². The number of nitrogens with zero attached hydrogens (tertiary/aromatic N) is 1. The average molecular weight is 384 g/mol. The zero-order valence-electron chi connectivity index (χ0n) is 14.7. The number of carbonyl (C=O) groups excluding carboxylic acids is 1. The first-order valence-electron chi connectivity index (χ1n) is 8.38. The monoisotopic (exact) mass is 384 g/mol. The molecule has 0 aliphatic carbocycles. The van der Waals surface area contributed by atoms with Gasteiger partial charge in [-0.05, 0) is 30.5 Å². The molecule has 0 saturated heterocycles. The minimum atomic E-state index is -3.97. The number of hydrogen-bond acceptors (Lipinski definition) is 4. The molecule has 0 fully saturated rings. The molecule has 27 heavy (non-hydrogen) atoms. The maximum Gasteiger partial charge on any atom is 0.329 e. The third-order valence-electron chi connectivity index (χ3n) is 4.05. The average Bonchev–Trinajstić information content (AvgIpc) is 3.16. The Morgan fingerprint density at radius 3 is 2.48 bits per heavy atom. The summed E-state index contributed by atoms with van der Waals surface area (Å²) in [6, 6.07) is 14.7. The van der Waals surface area contributed by atoms with Crippen LogP contribution in [0.4, 0.5) is 4.79 Å². The van der Waals surface area contributed by atoms with Crippen LogP contribution < -0.4 is 10.0 Å². The minimum absolute atomic E-state index is 0.0674. The fraction of sp³-hybridized carbons (Fsp3) is 0.158. The maximum absolute atomic E-state index is 12.5. The number of H-pyrrole nitrogens is 1. The molecule has 3 aromatic rings. The van der Waals surface area contributed by atoms with Crippen molar-refractivity contribution in [3.63, 3.8) is 0 Å². The van der Waals surface area contributed by atoms with Crippen LogP contribution in [-0.2, 0) is 16.4 Å². The Bertz CT molecular complexity index is 1000. The highest BCUT2D eigenvalue weighted by atomic mass is 32.2. The standard InChI is InChI=1S/C19H20N4O3S/c1-14-7-5-6-10-17(14)27(25,26)23-19(24)22-16(18-20-11-12-21-18)13-15-8-3-2-4-9-15/h2-12,16H,13H2,1H3,(H,20,21)(H2,22,23,24). The number of rotatable bonds is 6. The van der Waals surface area contributed by atoms with Gasteiger partial charge in [0, 0.05) is 12.4 Å². The number of sulfonamides is 1. The van der Waals surface area contributed by atoms with Gasteiger partial charge in [0.05, 0.1) is 10.9 Å². The molecule has 3 N–H and O–H groups in total. The molecule has 2 aromatic carbocycles. The SMILES string of the molecule is Cc1ccccc1S(=O)(=O)NC(=O)NC(Cc1ccccc1)c1ncc[nH]1. The summed E-state index contributed by atoms with van der Waals surface area (Å²) < 4.78 is 27.1. The predicted octanol–water partition coefficient (Wildman–Crippen LogP) is 2.69. The second-order valence-corrected chi connectivity index (χ2v) is 7.71. The van der Waals surface area contributed by atoms with Gasteiger partial charge in [0.1, 0.15) is 5.82 Å². The zero-order valence-corrected chi connectivity index (χ0v) is 15.5. The van der Waals surface area contributed by atoms with Gasteiger partial charge in [-0.1, -0.05) is 48.5 Å². The maximum atomic E-state index is 12.5. The number of aromatic amines is 1. The van der Waals surface area contributed by atoms with E-state index in [9.17, 15) is 13.2 Å². The van der Waals surface area contributed by atoms with Gasteiger partial charge >= 0.3 is 6.03 Å². The van der Waals surface area contributed by atoms with Crippen LogP contribution in [0.1, 0.15) is 23.0 Å². The van der Waals surface area contributed by atoms with E-state index in [1.165, 1.54) is 6.07 Å². The van der Waals surface area contributed by atoms with Crippen LogP contribution in [0.15, 0.2) is 71.9 Å². The van der Waals surface area contributed by atoms with E-state index in [1.807, 2.05) is 30.3 Å². The van der Waals surface area contributed by atoms with Gasteiger partial charge in [0.25, 0.3) is 10.0 Å². The molecule has 2 amide bonds. The number of carbonyl (C=O) groups is 1. The summed E-state index contributed by atoms with van der Waals surface area (Å²) in [7, 11) is -3.97. The Kier molecular flexibility index (Phi) is 5.56. The van der Waals surface area contributed by atoms with Crippen LogP contribution in [0.5, 0.6) is 0 Å². The van der Waals surface area contributed by atoms with Crippen LogP contribution in [0.3, 0.4) is 0 Å². The van der Waals surface area contributed by atoms with Gasteiger partial charge in [0.15, 0.2) is 0 Å². The van der Waals surface area contributed by atoms with Crippen molar-refractivity contribution in [1.29, 1.82) is 0 Å². The summed E-state index contributed by atoms with van der Waals surface area (Å²) in [5, 5.41) is 2.69. The molecule has 3 rings (SSSR count). The van der Waals surface area contributed by atoms with Gasteiger partial charge in [-0.3, -0.25) is 0 Å². The summed E-state index contributed by atoms with van der Waals surface area (Å²) in [6.45, 7) is 1.67. The Labute approximate surface area is 157 Å². The molecular weight excluding hydrogens is 364 g/mol. The van der Waals surface area contributed by atoms with Crippen molar-refractivity contribution in [1.82, 2.24) is 20.0 Å². The quantitative estimate of drug-likeness (QED) is 0.608. The second kappa shape index (κ2) is 8.05. The number of urea groups is 1. The molecule has 7 nitrogen and oxygen atoms in total. The number of benzene rings is 2. The molecule has 1 heterocycles. The first kappa shape index (κ1) is 18.7. The number of imidazole rings is 1. The lowest BCUT2D eigenvalue weighted by Crippen LogP contribution is -2.42. The first-order chi connectivity index (χ1) is 13.0. The number of aromatic nitrogens is 2. The van der Waals surface area contributed by atoms with Gasteiger partial charge < -0.3 is 10.3 Å². The summed E-state index contributed by atoms with van der Waals surface area (Å²) >= 11 is 0. The molecule has 1 unspecified atom stereocenters. The lowest BCUT2D eigenvalue weighted by molar-refractivity contribution is 0.241. The Hall–Kier alpha value is -3.13. The van der Waals surface area contributed by atoms with Crippen molar-refractivity contribution in [3.05, 3.63) is 83.9 Å². The minimum Gasteiger partial charge on any atom is -0.347 e. The van der Waals surface area contributed by atoms with Crippen molar-refractivity contribution in [2.45, 2.75) is 24.3 Å². The summed E-state index contributed by atoms with van der Waals surface area (Å²) in [5.41, 5.74) is 1.55. The Balaban J connectivity index is 1.76. The highest BCUT2D eigenvalue weighted by Crippen LogP contribution is 2.16. The van der Waals surface area contributed by atoms with E-state index in [0.717, 1.165) is 5.56 Å². The number of hydrogen-bond donors (Lipinski definition) is 3. The fourth-order valence-electron chi connectivity index (χ4n) is 2.76. The molecule has 1 aromatic heterocycles. The largest absolute Gasteiger partial charge is 0.347 e. The van der Waals surface area contributed by atoms with E-state index in [4.69, 9.17) is 0 Å². The molecule has 0 saturated carbocycles. The van der Waals surface area contributed by atoms with Gasteiger partial charge in [0.2, 0.25) is 0 Å². The molecule has 140 valence electrons. The number of nitrogens with one attached hydrogen (secondary N) is 3. The smallest absolute Gasteiger partial charge is 0.329 e. The lowest BCUT2D eigenvalue weighted by atomic mass is 10.1. The van der Waals surface area contributed by atoms with E-state index in [2.05, 4.69) is 20.0 Å². The van der Waals surface area contributed by atoms with Crippen LogP contribution >= 0.6 is 0 Å². The second-order valence-electron chi connectivity index (χ2n) is 6.06. The molecule has 1 atom stereocenters. The van der Waals surface area contributed by atoms with Gasteiger partial charge in [-0.2, -0.15) is 0 Å². The van der Waals surface area contributed by atoms with E-state index in [1.54, 1.807) is 37.5 Å². The lowest BCUT2D eigenvalue weighted by Gasteiger charge is -2.18. The van der Waals surface area contributed by atoms with Gasteiger partial charge in [-0.25, -0.2) is 22.9 Å². The van der Waals surface area contributed by atoms with Crippen molar-refractivity contribution < 1.29 is 13.2 Å². The molecule has 0 aliphatic heterocycles. The highest BCUT2D eigenvalue weighted by Gasteiger charge is 2.23. The third-order valence-corrected chi connectivity index (χ3v) is 5.54. The Morgan fingerprint density at radius 1 is 1.11 bits per heavy atom. The summed E-state index contributed by atoms with van der Waals surface area (Å²) in [4.78, 5) is 19.6. The van der Waals surface area contributed by atoms with Crippen molar-refractivity contribution in [2.24, 2.45) is 0 Å². The summed E-state index contributed by atoms with van der Waals surface area (Å²) in [6.07, 6.45) is 3.69. The highest BCUT2D eigenvalue weighted by molar-refractivity contribution is 7.90. The Morgan fingerprint density at radius 2 is 1.81 bits per heavy atom. The van der Waals surface area contributed by atoms with E-state index in [0.29, 0.717) is 17.8 Å². The number of amides is 2. The normalized spacial score (nSPS) is 12.3. The van der Waals surface area contributed by atoms with Gasteiger partial charge in [-0.15, -0.1) is 0 Å². The third kappa shape index (κ3) is 4.73. The molecular formula is C19H20N4O3S. The number of aryl methyl sites for hydroxylation is 1. The zero-order chi connectivity index (χ0) is 19.3. The van der Waals surface area contributed by atoms with Crippen LogP contribution in [-0.4, -0.2) is 24.4 Å². The molecule has 0 spiro atoms. The topological polar surface area (TPSA) is 104 Å². The van der Waals surface area contributed by atoms with E-state index < -0.39 is 22.1 Å². The van der Waals surface area contributed by atoms with Crippen molar-refractivity contribution in [2.75, 3.05) is 0 Å². The first-order valence-corrected chi connectivity index (χ1v) is 9.86. The molecule has 0 bridgehead atoms. The fourth-order valence-corrected chi connectivity index (χ4v) is 3.92.